The lowest BCUT2D eigenvalue weighted by Gasteiger charge is -2.41. The highest BCUT2D eigenvalue weighted by Crippen LogP contribution is 2.39. The number of nitrogens with zero attached hydrogens (tertiary/aromatic N) is 5. The number of hydrogen-bond acceptors (Lipinski definition) is 7. The average Bonchev–Trinajstić information content (AvgIpc) is 3.27. The Balaban J connectivity index is 1.61. The predicted octanol–water partition coefficient (Wildman–Crippen LogP) is 0.927. The highest BCUT2D eigenvalue weighted by atomic mass is 16.4. The van der Waals surface area contributed by atoms with Gasteiger partial charge in [0.2, 0.25) is 11.8 Å². The largest absolute Gasteiger partial charge is 0.408 e. The summed E-state index contributed by atoms with van der Waals surface area (Å²) in [6.45, 7) is 2.71. The fraction of sp³-hybridized carbons (Fsp3) is 0.450. The number of urea groups is 1. The summed E-state index contributed by atoms with van der Waals surface area (Å²) in [6.07, 6.45) is 0.826. The molecule has 0 saturated carbocycles. The van der Waals surface area contributed by atoms with Crippen LogP contribution in [0.25, 0.3) is 0 Å². The van der Waals surface area contributed by atoms with E-state index in [1.54, 1.807) is 11.8 Å². The van der Waals surface area contributed by atoms with Gasteiger partial charge in [0.15, 0.2) is 0 Å². The second-order valence-corrected chi connectivity index (χ2v) is 7.54. The van der Waals surface area contributed by atoms with E-state index in [2.05, 4.69) is 15.5 Å². The quantitative estimate of drug-likeness (QED) is 0.727. The summed E-state index contributed by atoms with van der Waals surface area (Å²) in [4.78, 5) is 43.1. The third-order valence-corrected chi connectivity index (χ3v) is 5.76. The van der Waals surface area contributed by atoms with E-state index >= 15 is 0 Å². The van der Waals surface area contributed by atoms with Gasteiger partial charge in [0.25, 0.3) is 5.91 Å². The smallest absolute Gasteiger partial charge is 0.328 e. The van der Waals surface area contributed by atoms with E-state index in [-0.39, 0.29) is 18.4 Å². The van der Waals surface area contributed by atoms with E-state index in [9.17, 15) is 14.4 Å². The number of hydrogen-bond donors (Lipinski definition) is 1. The molecule has 0 bridgehead atoms. The number of carbonyl (C=O) groups excluding carboxylic acids is 3. The molecule has 4 rings (SSSR count). The number of likely N-dealkylation sites (N-methyl/N-ethyl adjacent to an activating group) is 1. The van der Waals surface area contributed by atoms with Crippen molar-refractivity contribution in [3.05, 3.63) is 41.8 Å². The zero-order chi connectivity index (χ0) is 21.3. The monoisotopic (exact) mass is 412 g/mol. The molecule has 2 saturated heterocycles. The van der Waals surface area contributed by atoms with Crippen LogP contribution in [0.5, 0.6) is 0 Å². The Morgan fingerprint density at radius 1 is 1.17 bits per heavy atom. The summed E-state index contributed by atoms with van der Waals surface area (Å²) < 4.78 is 5.51. The van der Waals surface area contributed by atoms with Crippen LogP contribution in [-0.4, -0.2) is 70.1 Å². The van der Waals surface area contributed by atoms with E-state index in [1.165, 1.54) is 7.05 Å². The van der Waals surface area contributed by atoms with Gasteiger partial charge in [-0.05, 0) is 18.4 Å². The zero-order valence-corrected chi connectivity index (χ0v) is 17.0. The molecule has 0 aliphatic carbocycles. The number of imide groups is 1. The lowest BCUT2D eigenvalue weighted by Crippen LogP contribution is -2.56. The molecule has 2 fully saturated rings. The van der Waals surface area contributed by atoms with Crippen molar-refractivity contribution >= 4 is 23.9 Å². The van der Waals surface area contributed by atoms with E-state index in [4.69, 9.17) is 4.42 Å². The molecule has 2 aliphatic heterocycles. The third kappa shape index (κ3) is 3.38. The maximum absolute atomic E-state index is 13.4. The maximum Gasteiger partial charge on any atom is 0.328 e. The van der Waals surface area contributed by atoms with Gasteiger partial charge >= 0.3 is 12.0 Å². The fourth-order valence-corrected chi connectivity index (χ4v) is 4.10. The molecular weight excluding hydrogens is 388 g/mol. The molecule has 2 aromatic rings. The van der Waals surface area contributed by atoms with Gasteiger partial charge < -0.3 is 19.5 Å². The van der Waals surface area contributed by atoms with Crippen LogP contribution in [0, 0.1) is 6.92 Å². The second-order valence-electron chi connectivity index (χ2n) is 7.54. The van der Waals surface area contributed by atoms with E-state index in [0.29, 0.717) is 44.4 Å². The minimum Gasteiger partial charge on any atom is -0.408 e. The molecule has 0 atom stereocenters. The van der Waals surface area contributed by atoms with Crippen molar-refractivity contribution in [2.45, 2.75) is 31.8 Å². The Hall–Kier alpha value is -3.43. The predicted molar refractivity (Wildman–Crippen MR) is 106 cm³/mol. The number of anilines is 1. The lowest BCUT2D eigenvalue weighted by molar-refractivity contribution is -0.137. The number of benzene rings is 1. The summed E-state index contributed by atoms with van der Waals surface area (Å²) >= 11 is 0. The van der Waals surface area contributed by atoms with Crippen LogP contribution < -0.4 is 10.2 Å². The van der Waals surface area contributed by atoms with Gasteiger partial charge in [-0.25, -0.2) is 4.79 Å². The topological polar surface area (TPSA) is 112 Å². The van der Waals surface area contributed by atoms with Crippen LogP contribution in [0.2, 0.25) is 0 Å². The number of carbonyl (C=O) groups is 3. The lowest BCUT2D eigenvalue weighted by atomic mass is 9.85. The summed E-state index contributed by atoms with van der Waals surface area (Å²) in [5.74, 6) is -0.236. The van der Waals surface area contributed by atoms with Crippen LogP contribution in [0.4, 0.5) is 10.8 Å². The summed E-state index contributed by atoms with van der Waals surface area (Å²) in [5.41, 5.74) is -0.0678. The van der Waals surface area contributed by atoms with E-state index < -0.39 is 11.6 Å². The van der Waals surface area contributed by atoms with Crippen molar-refractivity contribution in [1.82, 2.24) is 25.3 Å². The number of piperidine rings is 1. The summed E-state index contributed by atoms with van der Waals surface area (Å²) in [6, 6.07) is 9.51. The van der Waals surface area contributed by atoms with Crippen molar-refractivity contribution in [3.8, 4) is 0 Å². The fourth-order valence-electron chi connectivity index (χ4n) is 4.10. The molecule has 3 heterocycles. The maximum atomic E-state index is 13.4. The van der Waals surface area contributed by atoms with Crippen molar-refractivity contribution in [3.63, 3.8) is 0 Å². The van der Waals surface area contributed by atoms with Crippen LogP contribution in [0.1, 0.15) is 24.3 Å². The molecule has 0 unspecified atom stereocenters. The molecule has 1 N–H and O–H groups in total. The molecule has 1 aromatic carbocycles. The minimum atomic E-state index is -0.994. The minimum absolute atomic E-state index is 0.284. The molecule has 30 heavy (non-hydrogen) atoms. The Morgan fingerprint density at radius 2 is 1.87 bits per heavy atom. The van der Waals surface area contributed by atoms with E-state index in [1.807, 2.05) is 35.2 Å². The molecule has 2 aliphatic rings. The first-order valence-corrected chi connectivity index (χ1v) is 9.88. The molecule has 4 amide bonds. The zero-order valence-electron chi connectivity index (χ0n) is 17.0. The Kier molecular flexibility index (Phi) is 5.15. The van der Waals surface area contributed by atoms with Crippen LogP contribution >= 0.6 is 0 Å². The Labute approximate surface area is 173 Å². The highest BCUT2D eigenvalue weighted by molar-refractivity contribution is 6.09. The molecule has 10 heteroatoms. The van der Waals surface area contributed by atoms with Crippen molar-refractivity contribution in [2.24, 2.45) is 0 Å². The van der Waals surface area contributed by atoms with Crippen molar-refractivity contribution in [1.29, 1.82) is 0 Å². The van der Waals surface area contributed by atoms with Crippen LogP contribution in [-0.2, 0) is 16.1 Å². The SMILES string of the molecule is CNC(=O)CN1C(=O)N(Cc2ccccc2)C2(CCN(c3nnc(C)o3)CC2)C1=O. The van der Waals surface area contributed by atoms with Gasteiger partial charge in [-0.3, -0.25) is 14.5 Å². The molecular formula is C20H24N6O4. The van der Waals surface area contributed by atoms with Crippen molar-refractivity contribution in [2.75, 3.05) is 31.6 Å². The molecule has 1 spiro atoms. The molecule has 0 radical (unpaired) electrons. The van der Waals surface area contributed by atoms with E-state index in [0.717, 1.165) is 10.5 Å². The van der Waals surface area contributed by atoms with Crippen LogP contribution in [0.3, 0.4) is 0 Å². The van der Waals surface area contributed by atoms with Crippen LogP contribution in [0.15, 0.2) is 34.7 Å². The number of rotatable bonds is 5. The standard InChI is InChI=1S/C20H24N6O4/c1-14-22-23-18(30-14)24-10-8-20(9-11-24)17(28)25(13-16(27)21-2)19(29)26(20)12-15-6-4-3-5-7-15/h3-7H,8-13H2,1-2H3,(H,21,27). The number of nitrogens with one attached hydrogen (secondary N) is 1. The number of aromatic nitrogens is 2. The average molecular weight is 412 g/mol. The first-order valence-electron chi connectivity index (χ1n) is 9.88. The second kappa shape index (κ2) is 7.77. The highest BCUT2D eigenvalue weighted by Gasteiger charge is 2.58. The van der Waals surface area contributed by atoms with Gasteiger partial charge in [0, 0.05) is 33.6 Å². The van der Waals surface area contributed by atoms with Gasteiger partial charge in [-0.1, -0.05) is 35.4 Å². The van der Waals surface area contributed by atoms with Gasteiger partial charge in [-0.15, -0.1) is 5.10 Å². The Bertz CT molecular complexity index is 951. The summed E-state index contributed by atoms with van der Waals surface area (Å²) in [5, 5.41) is 10.4. The number of aryl methyl sites for hydroxylation is 1. The normalized spacial score (nSPS) is 18.4. The van der Waals surface area contributed by atoms with Gasteiger partial charge in [0.05, 0.1) is 0 Å². The Morgan fingerprint density at radius 3 is 2.47 bits per heavy atom. The summed E-state index contributed by atoms with van der Waals surface area (Å²) in [7, 11) is 1.48. The number of amides is 4. The van der Waals surface area contributed by atoms with Gasteiger partial charge in [-0.2, -0.15) is 0 Å². The molecule has 10 nitrogen and oxygen atoms in total. The molecule has 1 aromatic heterocycles. The van der Waals surface area contributed by atoms with Gasteiger partial charge in [0.1, 0.15) is 12.1 Å². The molecule has 158 valence electrons. The third-order valence-electron chi connectivity index (χ3n) is 5.76. The first-order chi connectivity index (χ1) is 14.4. The first kappa shape index (κ1) is 19.9. The van der Waals surface area contributed by atoms with Crippen molar-refractivity contribution < 1.29 is 18.8 Å².